The van der Waals surface area contributed by atoms with Gasteiger partial charge in [-0.1, -0.05) is 18.9 Å². The van der Waals surface area contributed by atoms with Gasteiger partial charge in [0, 0.05) is 24.0 Å². The number of ether oxygens (including phenoxy) is 2. The fourth-order valence-electron chi connectivity index (χ4n) is 4.83. The number of ketones is 1. The highest BCUT2D eigenvalue weighted by molar-refractivity contribution is 6.00. The van der Waals surface area contributed by atoms with Gasteiger partial charge < -0.3 is 9.47 Å². The highest BCUT2D eigenvalue weighted by Crippen LogP contribution is 2.55. The summed E-state index contributed by atoms with van der Waals surface area (Å²) in [5.74, 6) is 1.86. The van der Waals surface area contributed by atoms with Crippen molar-refractivity contribution in [1.29, 1.82) is 0 Å². The molecule has 1 aliphatic heterocycles. The number of carbonyl (C=O) groups is 1. The summed E-state index contributed by atoms with van der Waals surface area (Å²) < 4.78 is 11.7. The van der Waals surface area contributed by atoms with Crippen LogP contribution in [0.2, 0.25) is 0 Å². The maximum Gasteiger partial charge on any atom is 0.166 e. The Morgan fingerprint density at radius 1 is 1.30 bits per heavy atom. The van der Waals surface area contributed by atoms with E-state index in [-0.39, 0.29) is 12.0 Å². The van der Waals surface area contributed by atoms with Crippen LogP contribution in [0.1, 0.15) is 51.9 Å². The third kappa shape index (κ3) is 2.24. The molecule has 3 fully saturated rings. The van der Waals surface area contributed by atoms with Crippen LogP contribution in [-0.2, 0) is 14.3 Å². The minimum absolute atomic E-state index is 0.128. The van der Waals surface area contributed by atoms with E-state index in [1.54, 1.807) is 7.11 Å². The van der Waals surface area contributed by atoms with Crippen molar-refractivity contribution in [1.82, 2.24) is 0 Å². The van der Waals surface area contributed by atoms with Gasteiger partial charge in [-0.2, -0.15) is 0 Å². The minimum atomic E-state index is 0.128. The molecule has 0 radical (unpaired) electrons. The molecule has 3 aliphatic carbocycles. The molecule has 3 unspecified atom stereocenters. The first kappa shape index (κ1) is 15.2. The van der Waals surface area contributed by atoms with Gasteiger partial charge in [-0.3, -0.25) is 4.79 Å². The normalized spacial score (nSPS) is 41.2. The lowest BCUT2D eigenvalue weighted by Gasteiger charge is -2.40. The monoisotopic (exact) mass is 314 g/mol. The Morgan fingerprint density at radius 2 is 2.17 bits per heavy atom. The summed E-state index contributed by atoms with van der Waals surface area (Å²) in [6.45, 7) is 3.00. The number of fused-ring (bicyclic) bond motifs is 5. The SMILES string of the molecule is CCCC/C1=C/C(OC)=C2\C(=C3\CCCC3C1=O)C1CCOC21. The first-order valence-corrected chi connectivity index (χ1v) is 9.14. The molecule has 3 nitrogen and oxygen atoms in total. The van der Waals surface area contributed by atoms with Crippen LogP contribution in [0.4, 0.5) is 0 Å². The fourth-order valence-corrected chi connectivity index (χ4v) is 4.83. The average molecular weight is 314 g/mol. The molecule has 3 atom stereocenters. The summed E-state index contributed by atoms with van der Waals surface area (Å²) in [7, 11) is 1.72. The van der Waals surface area contributed by atoms with Gasteiger partial charge in [-0.25, -0.2) is 0 Å². The predicted molar refractivity (Wildman–Crippen MR) is 88.9 cm³/mol. The largest absolute Gasteiger partial charge is 0.496 e. The summed E-state index contributed by atoms with van der Waals surface area (Å²) in [6.07, 6.45) is 9.60. The fraction of sp³-hybridized carbons (Fsp3) is 0.650. The maximum atomic E-state index is 13.1. The zero-order chi connectivity index (χ0) is 16.0. The molecule has 3 heteroatoms. The predicted octanol–water partition coefficient (Wildman–Crippen LogP) is 4.10. The van der Waals surface area contributed by atoms with E-state index in [9.17, 15) is 4.79 Å². The molecule has 4 aliphatic rings. The van der Waals surface area contributed by atoms with E-state index in [1.165, 1.54) is 16.7 Å². The third-order valence-corrected chi connectivity index (χ3v) is 5.97. The van der Waals surface area contributed by atoms with Crippen molar-refractivity contribution < 1.29 is 14.3 Å². The van der Waals surface area contributed by atoms with Crippen LogP contribution in [-0.4, -0.2) is 25.6 Å². The van der Waals surface area contributed by atoms with Crippen LogP contribution >= 0.6 is 0 Å². The van der Waals surface area contributed by atoms with Crippen LogP contribution in [0, 0.1) is 11.8 Å². The molecule has 0 N–H and O–H groups in total. The molecule has 2 saturated carbocycles. The van der Waals surface area contributed by atoms with Gasteiger partial charge in [0.05, 0.1) is 13.2 Å². The van der Waals surface area contributed by atoms with E-state index in [4.69, 9.17) is 9.47 Å². The first-order chi connectivity index (χ1) is 11.3. The summed E-state index contributed by atoms with van der Waals surface area (Å²) in [6, 6.07) is 0. The van der Waals surface area contributed by atoms with Crippen molar-refractivity contribution >= 4 is 5.78 Å². The molecule has 0 amide bonds. The van der Waals surface area contributed by atoms with Crippen LogP contribution in [0.5, 0.6) is 0 Å². The molecule has 1 heterocycles. The van der Waals surface area contributed by atoms with Crippen LogP contribution in [0.15, 0.2) is 34.1 Å². The smallest absolute Gasteiger partial charge is 0.166 e. The van der Waals surface area contributed by atoms with Crippen LogP contribution in [0.3, 0.4) is 0 Å². The number of hydrogen-bond acceptors (Lipinski definition) is 3. The second-order valence-electron chi connectivity index (χ2n) is 7.19. The van der Waals surface area contributed by atoms with Gasteiger partial charge in [-0.15, -0.1) is 0 Å². The van der Waals surface area contributed by atoms with E-state index in [1.807, 2.05) is 6.08 Å². The number of rotatable bonds is 4. The zero-order valence-electron chi connectivity index (χ0n) is 14.2. The summed E-state index contributed by atoms with van der Waals surface area (Å²) >= 11 is 0. The average Bonchev–Trinajstić information content (AvgIpc) is 3.17. The van der Waals surface area contributed by atoms with E-state index in [0.717, 1.165) is 62.9 Å². The van der Waals surface area contributed by atoms with Gasteiger partial charge in [0.2, 0.25) is 0 Å². The van der Waals surface area contributed by atoms with E-state index < -0.39 is 0 Å². The van der Waals surface area contributed by atoms with Gasteiger partial charge in [-0.05, 0) is 55.7 Å². The number of unbranched alkanes of at least 4 members (excludes halogenated alkanes) is 1. The Hall–Kier alpha value is -1.35. The second-order valence-corrected chi connectivity index (χ2v) is 7.19. The molecule has 0 bridgehead atoms. The lowest BCUT2D eigenvalue weighted by atomic mass is 9.66. The Bertz CT molecular complexity index is 623. The number of Topliss-reactive ketones (excluding diaryl/α,β-unsaturated/α-hetero) is 1. The van der Waals surface area contributed by atoms with Gasteiger partial charge in [0.15, 0.2) is 5.78 Å². The Balaban J connectivity index is 1.84. The van der Waals surface area contributed by atoms with Crippen molar-refractivity contribution in [2.45, 2.75) is 58.0 Å². The number of methoxy groups -OCH3 is 1. The standard InChI is InChI=1S/C20H26O3/c1-3-4-6-12-11-16(22-2)18-17(15-9-10-23-20(15)18)13-7-5-8-14(13)19(12)21/h11,14-15,20H,3-10H2,1-2H3/b12-11-,17-13-,18-16-. The van der Waals surface area contributed by atoms with Gasteiger partial charge in [0.25, 0.3) is 0 Å². The Morgan fingerprint density at radius 3 is 2.96 bits per heavy atom. The molecule has 0 aromatic heterocycles. The van der Waals surface area contributed by atoms with Crippen molar-refractivity contribution in [2.24, 2.45) is 11.8 Å². The molecule has 0 aromatic carbocycles. The molecule has 124 valence electrons. The van der Waals surface area contributed by atoms with Gasteiger partial charge >= 0.3 is 0 Å². The lowest BCUT2D eigenvalue weighted by Crippen LogP contribution is -2.38. The molecule has 23 heavy (non-hydrogen) atoms. The van der Waals surface area contributed by atoms with Crippen molar-refractivity contribution in [2.75, 3.05) is 13.7 Å². The van der Waals surface area contributed by atoms with Crippen molar-refractivity contribution in [3.63, 3.8) is 0 Å². The van der Waals surface area contributed by atoms with E-state index in [0.29, 0.717) is 11.7 Å². The summed E-state index contributed by atoms with van der Waals surface area (Å²) in [5.41, 5.74) is 5.04. The maximum absolute atomic E-state index is 13.1. The summed E-state index contributed by atoms with van der Waals surface area (Å²) in [4.78, 5) is 13.1. The quantitative estimate of drug-likeness (QED) is 0.783. The van der Waals surface area contributed by atoms with E-state index >= 15 is 0 Å². The molecule has 0 aromatic rings. The molecule has 1 saturated heterocycles. The lowest BCUT2D eigenvalue weighted by molar-refractivity contribution is -0.118. The van der Waals surface area contributed by atoms with Gasteiger partial charge in [0.1, 0.15) is 5.76 Å². The number of carbonyl (C=O) groups excluding carboxylic acids is 1. The third-order valence-electron chi connectivity index (χ3n) is 5.97. The molecule has 0 spiro atoms. The van der Waals surface area contributed by atoms with Crippen LogP contribution in [0.25, 0.3) is 0 Å². The van der Waals surface area contributed by atoms with E-state index in [2.05, 4.69) is 6.92 Å². The first-order valence-electron chi connectivity index (χ1n) is 9.14. The molecule has 4 rings (SSSR count). The number of allylic oxidation sites excluding steroid dienone is 3. The highest BCUT2D eigenvalue weighted by Gasteiger charge is 2.51. The summed E-state index contributed by atoms with van der Waals surface area (Å²) in [5, 5.41) is 0. The Labute approximate surface area is 138 Å². The van der Waals surface area contributed by atoms with Crippen LogP contribution < -0.4 is 0 Å². The number of hydrogen-bond donors (Lipinski definition) is 0. The topological polar surface area (TPSA) is 35.5 Å². The van der Waals surface area contributed by atoms with Crippen molar-refractivity contribution in [3.8, 4) is 0 Å². The van der Waals surface area contributed by atoms with Crippen molar-refractivity contribution in [3.05, 3.63) is 34.1 Å². The zero-order valence-corrected chi connectivity index (χ0v) is 14.2. The highest BCUT2D eigenvalue weighted by atomic mass is 16.5. The molecular weight excluding hydrogens is 288 g/mol. The second kappa shape index (κ2) is 5.94. The minimum Gasteiger partial charge on any atom is -0.496 e. The Kier molecular flexibility index (Phi) is 3.92. The molecular formula is C20H26O3.